The number of nitrogens with zero attached hydrogens (tertiary/aromatic N) is 1. The van der Waals surface area contributed by atoms with Crippen molar-refractivity contribution >= 4 is 5.91 Å². The van der Waals surface area contributed by atoms with Crippen LogP contribution in [0.15, 0.2) is 0 Å². The van der Waals surface area contributed by atoms with Gasteiger partial charge in [0.1, 0.15) is 0 Å². The molecule has 0 aromatic rings. The molecule has 0 saturated carbocycles. The van der Waals surface area contributed by atoms with Crippen molar-refractivity contribution in [3.05, 3.63) is 0 Å². The lowest BCUT2D eigenvalue weighted by molar-refractivity contribution is -0.131. The van der Waals surface area contributed by atoms with E-state index in [-0.39, 0.29) is 18.6 Å². The maximum absolute atomic E-state index is 11.7. The van der Waals surface area contributed by atoms with Crippen LogP contribution in [0.4, 0.5) is 0 Å². The molecule has 0 spiro atoms. The molecular weight excluding hydrogens is 180 g/mol. The van der Waals surface area contributed by atoms with Crippen molar-refractivity contribution in [2.45, 2.75) is 32.2 Å². The summed E-state index contributed by atoms with van der Waals surface area (Å²) in [5.41, 5.74) is 0. The third kappa shape index (κ3) is 3.27. The van der Waals surface area contributed by atoms with Crippen molar-refractivity contribution in [3.8, 4) is 0 Å². The molecule has 82 valence electrons. The molecule has 0 aromatic carbocycles. The fourth-order valence-corrected chi connectivity index (χ4v) is 1.70. The Bertz CT molecular complexity index is 179. The maximum atomic E-state index is 11.7. The van der Waals surface area contributed by atoms with Crippen LogP contribution >= 0.6 is 0 Å². The first kappa shape index (κ1) is 11.5. The zero-order chi connectivity index (χ0) is 10.4. The number of carbonyl (C=O) groups excluding carboxylic acids is 1. The van der Waals surface area contributed by atoms with Crippen molar-refractivity contribution in [2.24, 2.45) is 0 Å². The Hall–Kier alpha value is -0.610. The molecule has 1 amide bonds. The molecule has 1 atom stereocenters. The molecule has 4 heteroatoms. The van der Waals surface area contributed by atoms with E-state index in [0.717, 1.165) is 25.9 Å². The zero-order valence-corrected chi connectivity index (χ0v) is 8.83. The van der Waals surface area contributed by atoms with E-state index in [9.17, 15) is 4.79 Å². The van der Waals surface area contributed by atoms with Gasteiger partial charge < -0.3 is 15.3 Å². The van der Waals surface area contributed by atoms with E-state index in [1.807, 2.05) is 11.8 Å². The summed E-state index contributed by atoms with van der Waals surface area (Å²) < 4.78 is 0. The average molecular weight is 200 g/mol. The smallest absolute Gasteiger partial charge is 0.239 e. The van der Waals surface area contributed by atoms with Gasteiger partial charge in [-0.3, -0.25) is 4.79 Å². The van der Waals surface area contributed by atoms with Crippen LogP contribution in [0.25, 0.3) is 0 Å². The number of carbonyl (C=O) groups is 1. The highest BCUT2D eigenvalue weighted by Gasteiger charge is 2.22. The summed E-state index contributed by atoms with van der Waals surface area (Å²) in [7, 11) is 0. The Morgan fingerprint density at radius 1 is 1.50 bits per heavy atom. The van der Waals surface area contributed by atoms with Crippen molar-refractivity contribution in [1.82, 2.24) is 10.2 Å². The topological polar surface area (TPSA) is 52.6 Å². The van der Waals surface area contributed by atoms with E-state index in [1.54, 1.807) is 0 Å². The number of rotatable bonds is 5. The SMILES string of the molecule is CC(NCCCO)C(=O)N1CCCC1. The van der Waals surface area contributed by atoms with Crippen LogP contribution in [0.5, 0.6) is 0 Å². The van der Waals surface area contributed by atoms with Crippen LogP contribution in [0.3, 0.4) is 0 Å². The van der Waals surface area contributed by atoms with Gasteiger partial charge in [0.25, 0.3) is 0 Å². The fourth-order valence-electron chi connectivity index (χ4n) is 1.70. The van der Waals surface area contributed by atoms with Gasteiger partial charge in [-0.15, -0.1) is 0 Å². The van der Waals surface area contributed by atoms with Crippen molar-refractivity contribution in [3.63, 3.8) is 0 Å². The average Bonchev–Trinajstić information content (AvgIpc) is 2.69. The molecular formula is C10H20N2O2. The van der Waals surface area contributed by atoms with Gasteiger partial charge in [0.2, 0.25) is 5.91 Å². The summed E-state index contributed by atoms with van der Waals surface area (Å²) in [4.78, 5) is 13.7. The Balaban J connectivity index is 2.21. The van der Waals surface area contributed by atoms with Crippen molar-refractivity contribution in [1.29, 1.82) is 0 Å². The second-order valence-corrected chi connectivity index (χ2v) is 3.79. The highest BCUT2D eigenvalue weighted by atomic mass is 16.3. The number of amides is 1. The van der Waals surface area contributed by atoms with E-state index in [1.165, 1.54) is 0 Å². The van der Waals surface area contributed by atoms with Gasteiger partial charge in [-0.1, -0.05) is 0 Å². The highest BCUT2D eigenvalue weighted by molar-refractivity contribution is 5.81. The van der Waals surface area contributed by atoms with Crippen LogP contribution in [-0.2, 0) is 4.79 Å². The van der Waals surface area contributed by atoms with Gasteiger partial charge in [-0.05, 0) is 32.7 Å². The van der Waals surface area contributed by atoms with Crippen LogP contribution < -0.4 is 5.32 Å². The number of aliphatic hydroxyl groups is 1. The van der Waals surface area contributed by atoms with E-state index in [4.69, 9.17) is 5.11 Å². The Morgan fingerprint density at radius 2 is 2.14 bits per heavy atom. The Kier molecular flexibility index (Phi) is 4.90. The molecule has 0 bridgehead atoms. The summed E-state index contributed by atoms with van der Waals surface area (Å²) >= 11 is 0. The number of aliphatic hydroxyl groups excluding tert-OH is 1. The van der Waals surface area contributed by atoms with Gasteiger partial charge in [0.05, 0.1) is 6.04 Å². The minimum Gasteiger partial charge on any atom is -0.396 e. The molecule has 1 unspecified atom stereocenters. The first-order valence-electron chi connectivity index (χ1n) is 5.38. The Labute approximate surface area is 85.3 Å². The second-order valence-electron chi connectivity index (χ2n) is 3.79. The molecule has 0 aliphatic carbocycles. The lowest BCUT2D eigenvalue weighted by atomic mass is 10.3. The predicted octanol–water partition coefficient (Wildman–Crippen LogP) is -0.0307. The van der Waals surface area contributed by atoms with E-state index in [0.29, 0.717) is 13.0 Å². The minimum absolute atomic E-state index is 0.111. The summed E-state index contributed by atoms with van der Waals surface area (Å²) in [6.45, 7) is 4.59. The summed E-state index contributed by atoms with van der Waals surface area (Å²) in [6, 6.07) is -0.111. The third-order valence-electron chi connectivity index (χ3n) is 2.57. The molecule has 0 radical (unpaired) electrons. The van der Waals surface area contributed by atoms with Crippen LogP contribution in [0.2, 0.25) is 0 Å². The second kappa shape index (κ2) is 5.98. The van der Waals surface area contributed by atoms with Crippen LogP contribution in [-0.4, -0.2) is 48.2 Å². The van der Waals surface area contributed by atoms with Gasteiger partial charge in [0, 0.05) is 19.7 Å². The van der Waals surface area contributed by atoms with Crippen molar-refractivity contribution < 1.29 is 9.90 Å². The summed E-state index contributed by atoms with van der Waals surface area (Å²) in [6.07, 6.45) is 2.97. The normalized spacial score (nSPS) is 18.6. The van der Waals surface area contributed by atoms with E-state index >= 15 is 0 Å². The molecule has 1 rings (SSSR count). The fraction of sp³-hybridized carbons (Fsp3) is 0.900. The minimum atomic E-state index is -0.111. The molecule has 0 aromatic heterocycles. The summed E-state index contributed by atoms with van der Waals surface area (Å²) in [5.74, 6) is 0.195. The van der Waals surface area contributed by atoms with Crippen LogP contribution in [0, 0.1) is 0 Å². The molecule has 1 aliphatic rings. The molecule has 1 saturated heterocycles. The number of hydrogen-bond donors (Lipinski definition) is 2. The predicted molar refractivity (Wildman–Crippen MR) is 55.0 cm³/mol. The van der Waals surface area contributed by atoms with E-state index in [2.05, 4.69) is 5.32 Å². The van der Waals surface area contributed by atoms with Gasteiger partial charge in [-0.2, -0.15) is 0 Å². The lowest BCUT2D eigenvalue weighted by Crippen LogP contribution is -2.44. The molecule has 2 N–H and O–H groups in total. The molecule has 1 heterocycles. The molecule has 1 aliphatic heterocycles. The van der Waals surface area contributed by atoms with Gasteiger partial charge in [-0.25, -0.2) is 0 Å². The maximum Gasteiger partial charge on any atom is 0.239 e. The van der Waals surface area contributed by atoms with E-state index < -0.39 is 0 Å². The quantitative estimate of drug-likeness (QED) is 0.613. The summed E-state index contributed by atoms with van der Waals surface area (Å²) in [5, 5.41) is 11.7. The monoisotopic (exact) mass is 200 g/mol. The lowest BCUT2D eigenvalue weighted by Gasteiger charge is -2.20. The highest BCUT2D eigenvalue weighted by Crippen LogP contribution is 2.08. The molecule has 4 nitrogen and oxygen atoms in total. The van der Waals surface area contributed by atoms with Crippen LogP contribution in [0.1, 0.15) is 26.2 Å². The largest absolute Gasteiger partial charge is 0.396 e. The Morgan fingerprint density at radius 3 is 2.71 bits per heavy atom. The first-order chi connectivity index (χ1) is 6.75. The number of hydrogen-bond acceptors (Lipinski definition) is 3. The third-order valence-corrected chi connectivity index (χ3v) is 2.57. The zero-order valence-electron chi connectivity index (χ0n) is 8.83. The molecule has 14 heavy (non-hydrogen) atoms. The number of nitrogens with one attached hydrogen (secondary N) is 1. The van der Waals surface area contributed by atoms with Gasteiger partial charge >= 0.3 is 0 Å². The first-order valence-corrected chi connectivity index (χ1v) is 5.38. The van der Waals surface area contributed by atoms with Gasteiger partial charge in [0.15, 0.2) is 0 Å². The van der Waals surface area contributed by atoms with Crippen molar-refractivity contribution in [2.75, 3.05) is 26.2 Å². The standard InChI is InChI=1S/C10H20N2O2/c1-9(11-5-4-8-13)10(14)12-6-2-3-7-12/h9,11,13H,2-8H2,1H3. The number of likely N-dealkylation sites (tertiary alicyclic amines) is 1. The molecule has 1 fully saturated rings.